The lowest BCUT2D eigenvalue weighted by Gasteiger charge is -2.11. The molecule has 0 radical (unpaired) electrons. The van der Waals surface area contributed by atoms with Crippen LogP contribution < -0.4 is 10.6 Å². The van der Waals surface area contributed by atoms with Crippen LogP contribution in [-0.4, -0.2) is 39.2 Å². The quantitative estimate of drug-likeness (QED) is 0.333. The lowest BCUT2D eigenvalue weighted by molar-refractivity contribution is -0.140. The molecule has 1 aromatic carbocycles. The van der Waals surface area contributed by atoms with Crippen LogP contribution in [0.2, 0.25) is 0 Å². The Kier molecular flexibility index (Phi) is 8.50. The van der Waals surface area contributed by atoms with E-state index < -0.39 is 0 Å². The normalized spacial score (nSPS) is 11.2. The third-order valence-corrected chi connectivity index (χ3v) is 3.50. The van der Waals surface area contributed by atoms with Crippen molar-refractivity contribution in [3.05, 3.63) is 34.1 Å². The number of benzene rings is 1. The monoisotopic (exact) mass is 373 g/mol. The zero-order valence-electron chi connectivity index (χ0n) is 12.8. The van der Waals surface area contributed by atoms with Crippen LogP contribution >= 0.6 is 15.9 Å². The van der Waals surface area contributed by atoms with Gasteiger partial charge in [0.25, 0.3) is 0 Å². The maximum atomic E-state index is 13.6. The van der Waals surface area contributed by atoms with Gasteiger partial charge < -0.3 is 15.4 Å². The first-order chi connectivity index (χ1) is 10.6. The van der Waals surface area contributed by atoms with Crippen molar-refractivity contribution in [2.24, 2.45) is 4.99 Å². The van der Waals surface area contributed by atoms with Crippen molar-refractivity contribution >= 4 is 27.9 Å². The summed E-state index contributed by atoms with van der Waals surface area (Å²) in [6, 6.07) is 5.08. The molecule has 0 amide bonds. The molecular formula is C15H21BrFN3O2. The molecule has 2 N–H and O–H groups in total. The fraction of sp³-hybridized carbons (Fsp3) is 0.467. The minimum atomic E-state index is -0.270. The number of nitrogens with zero attached hydrogens (tertiary/aromatic N) is 1. The second-order valence-electron chi connectivity index (χ2n) is 4.59. The van der Waals surface area contributed by atoms with Gasteiger partial charge in [0.15, 0.2) is 5.96 Å². The van der Waals surface area contributed by atoms with E-state index in [1.54, 1.807) is 13.1 Å². The van der Waals surface area contributed by atoms with Crippen molar-refractivity contribution in [2.75, 3.05) is 27.2 Å². The number of carbonyl (C=O) groups is 1. The topological polar surface area (TPSA) is 62.7 Å². The highest BCUT2D eigenvalue weighted by atomic mass is 79.9. The summed E-state index contributed by atoms with van der Waals surface area (Å²) < 4.78 is 18.9. The van der Waals surface area contributed by atoms with Crippen molar-refractivity contribution < 1.29 is 13.9 Å². The highest BCUT2D eigenvalue weighted by Gasteiger charge is 2.04. The Morgan fingerprint density at radius 1 is 1.36 bits per heavy atom. The molecule has 22 heavy (non-hydrogen) atoms. The van der Waals surface area contributed by atoms with Gasteiger partial charge in [0.1, 0.15) is 5.82 Å². The van der Waals surface area contributed by atoms with Gasteiger partial charge in [-0.25, -0.2) is 4.39 Å². The van der Waals surface area contributed by atoms with E-state index in [0.717, 1.165) is 10.9 Å². The molecule has 0 spiro atoms. The molecule has 0 bridgehead atoms. The number of esters is 1. The SMILES string of the molecule is CN=C(NCCCc1ccc(Br)cc1F)NCCC(=O)OC. The second kappa shape index (κ2) is 10.2. The standard InChI is InChI=1S/C15H21BrFN3O2/c1-18-15(20-9-7-14(21)22-2)19-8-3-4-11-5-6-12(16)10-13(11)17/h5-6,10H,3-4,7-9H2,1-2H3,(H2,18,19,20). The Bertz CT molecular complexity index is 524. The molecule has 7 heteroatoms. The number of hydrogen-bond acceptors (Lipinski definition) is 3. The average molecular weight is 374 g/mol. The first kappa shape index (κ1) is 18.4. The minimum absolute atomic E-state index is 0.199. The van der Waals surface area contributed by atoms with Gasteiger partial charge in [-0.2, -0.15) is 0 Å². The third-order valence-electron chi connectivity index (χ3n) is 3.00. The van der Waals surface area contributed by atoms with E-state index in [1.807, 2.05) is 6.07 Å². The number of ether oxygens (including phenoxy) is 1. The van der Waals surface area contributed by atoms with Crippen molar-refractivity contribution in [3.63, 3.8) is 0 Å². The number of rotatable bonds is 7. The molecule has 0 atom stereocenters. The molecule has 1 aromatic rings. The summed E-state index contributed by atoms with van der Waals surface area (Å²) in [5.74, 6) is 0.142. The van der Waals surface area contributed by atoms with Crippen LogP contribution in [0, 0.1) is 5.82 Å². The van der Waals surface area contributed by atoms with E-state index in [2.05, 4.69) is 36.3 Å². The number of hydrogen-bond donors (Lipinski definition) is 2. The number of aliphatic imine (C=N–C) groups is 1. The zero-order valence-corrected chi connectivity index (χ0v) is 14.4. The lowest BCUT2D eigenvalue weighted by Crippen LogP contribution is -2.38. The molecule has 0 aliphatic rings. The molecule has 0 saturated heterocycles. The van der Waals surface area contributed by atoms with Crippen LogP contribution in [-0.2, 0) is 16.0 Å². The second-order valence-corrected chi connectivity index (χ2v) is 5.51. The van der Waals surface area contributed by atoms with Crippen LogP contribution in [0.15, 0.2) is 27.7 Å². The highest BCUT2D eigenvalue weighted by molar-refractivity contribution is 9.10. The smallest absolute Gasteiger partial charge is 0.307 e. The van der Waals surface area contributed by atoms with Gasteiger partial charge >= 0.3 is 5.97 Å². The van der Waals surface area contributed by atoms with Crippen molar-refractivity contribution in [3.8, 4) is 0 Å². The fourth-order valence-electron chi connectivity index (χ4n) is 1.82. The van der Waals surface area contributed by atoms with Gasteiger partial charge in [-0.05, 0) is 30.5 Å². The van der Waals surface area contributed by atoms with Gasteiger partial charge in [-0.1, -0.05) is 22.0 Å². The number of nitrogens with one attached hydrogen (secondary N) is 2. The van der Waals surface area contributed by atoms with Gasteiger partial charge in [-0.15, -0.1) is 0 Å². The number of carbonyl (C=O) groups excluding carboxylic acids is 1. The molecule has 0 aromatic heterocycles. The molecule has 122 valence electrons. The summed E-state index contributed by atoms with van der Waals surface area (Å²) in [5.41, 5.74) is 0.693. The summed E-state index contributed by atoms with van der Waals surface area (Å²) in [7, 11) is 3.01. The summed E-state index contributed by atoms with van der Waals surface area (Å²) in [6.07, 6.45) is 1.70. The molecular weight excluding hydrogens is 353 g/mol. The van der Waals surface area contributed by atoms with E-state index in [4.69, 9.17) is 0 Å². The molecule has 0 saturated carbocycles. The van der Waals surface area contributed by atoms with Gasteiger partial charge in [-0.3, -0.25) is 9.79 Å². The summed E-state index contributed by atoms with van der Waals surface area (Å²) >= 11 is 3.24. The Labute approximate surface area is 138 Å². The predicted molar refractivity (Wildman–Crippen MR) is 88.4 cm³/mol. The number of methoxy groups -OCH3 is 1. The first-order valence-corrected chi connectivity index (χ1v) is 7.81. The first-order valence-electron chi connectivity index (χ1n) is 7.02. The Morgan fingerprint density at radius 3 is 2.73 bits per heavy atom. The van der Waals surface area contributed by atoms with Crippen molar-refractivity contribution in [1.82, 2.24) is 10.6 Å². The van der Waals surface area contributed by atoms with Crippen LogP contribution in [0.4, 0.5) is 4.39 Å². The van der Waals surface area contributed by atoms with Gasteiger partial charge in [0, 0.05) is 24.6 Å². The fourth-order valence-corrected chi connectivity index (χ4v) is 2.15. The maximum Gasteiger partial charge on any atom is 0.307 e. The van der Waals surface area contributed by atoms with Crippen LogP contribution in [0.5, 0.6) is 0 Å². The lowest BCUT2D eigenvalue weighted by atomic mass is 10.1. The number of halogens is 2. The van der Waals surface area contributed by atoms with Crippen LogP contribution in [0.3, 0.4) is 0 Å². The van der Waals surface area contributed by atoms with Crippen molar-refractivity contribution in [2.45, 2.75) is 19.3 Å². The molecule has 0 aliphatic carbocycles. The Hall–Kier alpha value is -1.63. The Balaban J connectivity index is 2.25. The average Bonchev–Trinajstić information content (AvgIpc) is 2.51. The van der Waals surface area contributed by atoms with E-state index in [-0.39, 0.29) is 18.2 Å². The zero-order chi connectivity index (χ0) is 16.4. The van der Waals surface area contributed by atoms with E-state index in [1.165, 1.54) is 13.2 Å². The predicted octanol–water partition coefficient (Wildman–Crippen LogP) is 2.25. The summed E-state index contributed by atoms with van der Waals surface area (Å²) in [4.78, 5) is 15.0. The molecule has 0 aliphatic heterocycles. The van der Waals surface area contributed by atoms with Gasteiger partial charge in [0.2, 0.25) is 0 Å². The summed E-state index contributed by atoms with van der Waals surface area (Å²) in [5, 5.41) is 6.13. The molecule has 1 rings (SSSR count). The van der Waals surface area contributed by atoms with Crippen LogP contribution in [0.25, 0.3) is 0 Å². The number of aryl methyl sites for hydroxylation is 1. The molecule has 0 unspecified atom stereocenters. The summed E-state index contributed by atoms with van der Waals surface area (Å²) in [6.45, 7) is 1.11. The van der Waals surface area contributed by atoms with E-state index in [9.17, 15) is 9.18 Å². The molecule has 0 fully saturated rings. The minimum Gasteiger partial charge on any atom is -0.469 e. The van der Waals surface area contributed by atoms with E-state index >= 15 is 0 Å². The highest BCUT2D eigenvalue weighted by Crippen LogP contribution is 2.16. The Morgan fingerprint density at radius 2 is 2.09 bits per heavy atom. The third kappa shape index (κ3) is 6.89. The van der Waals surface area contributed by atoms with Crippen molar-refractivity contribution in [1.29, 1.82) is 0 Å². The largest absolute Gasteiger partial charge is 0.469 e. The van der Waals surface area contributed by atoms with Crippen LogP contribution in [0.1, 0.15) is 18.4 Å². The van der Waals surface area contributed by atoms with E-state index in [0.29, 0.717) is 31.0 Å². The maximum absolute atomic E-state index is 13.6. The number of guanidine groups is 1. The molecule has 5 nitrogen and oxygen atoms in total. The molecule has 0 heterocycles. The van der Waals surface area contributed by atoms with Gasteiger partial charge in [0.05, 0.1) is 13.5 Å².